The number of amides is 1. The van der Waals surface area contributed by atoms with Crippen LogP contribution in [0.1, 0.15) is 393 Å². The number of carbonyl (C=O) groups excluding carboxylic acids is 1. The molecule has 2 atom stereocenters. The van der Waals surface area contributed by atoms with Crippen molar-refractivity contribution in [3.63, 3.8) is 0 Å². The van der Waals surface area contributed by atoms with Gasteiger partial charge in [-0.1, -0.05) is 365 Å². The van der Waals surface area contributed by atoms with Gasteiger partial charge in [-0.15, -0.1) is 0 Å². The standard InChI is InChI=1S/C71H137NO3/c1-3-5-7-9-11-13-15-17-19-21-23-25-27-29-30-31-32-33-34-35-36-37-38-39-40-41-42-43-45-47-49-51-53-55-57-59-61-63-65-67-71(75)72-69(68-73)70(74)66-64-62-60-58-56-54-52-50-48-46-44-28-26-24-22-20-18-16-14-12-10-8-6-4-2/h35-36,56,58,64,66,69-70,73-74H,3-34,37-55,57,59-63,65,67-68H2,1-2H3,(H,72,75)/b36-35-,58-56+,66-64+. The first-order valence-corrected chi connectivity index (χ1v) is 34.7. The molecule has 0 bridgehead atoms. The van der Waals surface area contributed by atoms with Crippen LogP contribution in [0.3, 0.4) is 0 Å². The fourth-order valence-corrected chi connectivity index (χ4v) is 11.1. The van der Waals surface area contributed by atoms with Crippen LogP contribution in [0.5, 0.6) is 0 Å². The van der Waals surface area contributed by atoms with E-state index in [9.17, 15) is 15.0 Å². The van der Waals surface area contributed by atoms with Gasteiger partial charge in [0.15, 0.2) is 0 Å². The molecule has 0 spiro atoms. The monoisotopic (exact) mass is 1050 g/mol. The molecule has 0 fully saturated rings. The van der Waals surface area contributed by atoms with Crippen molar-refractivity contribution in [3.8, 4) is 0 Å². The minimum atomic E-state index is -0.863. The molecule has 0 radical (unpaired) electrons. The minimum Gasteiger partial charge on any atom is -0.394 e. The number of carbonyl (C=O) groups is 1. The highest BCUT2D eigenvalue weighted by Gasteiger charge is 2.18. The summed E-state index contributed by atoms with van der Waals surface area (Å²) in [6.07, 6.45) is 92.4. The van der Waals surface area contributed by atoms with E-state index in [0.29, 0.717) is 6.42 Å². The van der Waals surface area contributed by atoms with Gasteiger partial charge in [0.25, 0.3) is 0 Å². The lowest BCUT2D eigenvalue weighted by Gasteiger charge is -2.19. The quantitative estimate of drug-likeness (QED) is 0.0420. The Hall–Kier alpha value is -1.39. The van der Waals surface area contributed by atoms with Gasteiger partial charge in [-0.2, -0.15) is 0 Å². The van der Waals surface area contributed by atoms with Crippen LogP contribution in [0.4, 0.5) is 0 Å². The summed E-state index contributed by atoms with van der Waals surface area (Å²) in [5.74, 6) is -0.0665. The first-order chi connectivity index (χ1) is 37.2. The molecule has 4 heteroatoms. The molecule has 0 heterocycles. The molecule has 1 amide bonds. The van der Waals surface area contributed by atoms with Gasteiger partial charge in [-0.3, -0.25) is 4.79 Å². The van der Waals surface area contributed by atoms with Crippen molar-refractivity contribution in [1.29, 1.82) is 0 Å². The summed E-state index contributed by atoms with van der Waals surface area (Å²) in [4.78, 5) is 12.5. The van der Waals surface area contributed by atoms with Crippen molar-refractivity contribution >= 4 is 5.91 Å². The van der Waals surface area contributed by atoms with Gasteiger partial charge in [0.1, 0.15) is 0 Å². The SMILES string of the molecule is CCCCCCCCCCCCCCCCCCCC/C=C\CCCCCCCCCCCCCCCCCCCC(=O)NC(CO)C(O)/C=C/CC/C=C/CCCCCCCCCCCCCCCCCCCC. The maximum Gasteiger partial charge on any atom is 0.220 e. The van der Waals surface area contributed by atoms with Crippen LogP contribution in [0.25, 0.3) is 0 Å². The number of aliphatic hydroxyl groups excluding tert-OH is 2. The number of hydrogen-bond acceptors (Lipinski definition) is 3. The summed E-state index contributed by atoms with van der Waals surface area (Å²) >= 11 is 0. The molecular weight excluding hydrogens is 915 g/mol. The molecule has 0 aliphatic heterocycles. The van der Waals surface area contributed by atoms with E-state index in [1.807, 2.05) is 6.08 Å². The zero-order chi connectivity index (χ0) is 54.1. The van der Waals surface area contributed by atoms with Gasteiger partial charge in [-0.05, 0) is 57.8 Å². The molecule has 2 unspecified atom stereocenters. The molecule has 3 N–H and O–H groups in total. The van der Waals surface area contributed by atoms with Gasteiger partial charge in [0, 0.05) is 6.42 Å². The second-order valence-electron chi connectivity index (χ2n) is 23.9. The Balaban J connectivity index is 3.42. The lowest BCUT2D eigenvalue weighted by Crippen LogP contribution is -2.45. The molecule has 75 heavy (non-hydrogen) atoms. The zero-order valence-electron chi connectivity index (χ0n) is 51.3. The van der Waals surface area contributed by atoms with Gasteiger partial charge in [-0.25, -0.2) is 0 Å². The normalized spacial score (nSPS) is 12.9. The van der Waals surface area contributed by atoms with E-state index in [2.05, 4.69) is 43.5 Å². The smallest absolute Gasteiger partial charge is 0.220 e. The lowest BCUT2D eigenvalue weighted by molar-refractivity contribution is -0.123. The molecule has 0 rings (SSSR count). The van der Waals surface area contributed by atoms with Gasteiger partial charge in [0.05, 0.1) is 18.8 Å². The van der Waals surface area contributed by atoms with Gasteiger partial charge >= 0.3 is 0 Å². The van der Waals surface area contributed by atoms with Crippen LogP contribution in [0.15, 0.2) is 36.5 Å². The topological polar surface area (TPSA) is 69.6 Å². The van der Waals surface area contributed by atoms with Crippen molar-refractivity contribution in [1.82, 2.24) is 5.32 Å². The van der Waals surface area contributed by atoms with Crippen molar-refractivity contribution in [3.05, 3.63) is 36.5 Å². The largest absolute Gasteiger partial charge is 0.394 e. The molecule has 4 nitrogen and oxygen atoms in total. The Kier molecular flexibility index (Phi) is 65.6. The third kappa shape index (κ3) is 63.3. The van der Waals surface area contributed by atoms with Crippen LogP contribution in [-0.4, -0.2) is 34.9 Å². The number of aliphatic hydroxyl groups is 2. The predicted octanol–water partition coefficient (Wildman–Crippen LogP) is 23.5. The molecule has 0 aromatic heterocycles. The van der Waals surface area contributed by atoms with E-state index < -0.39 is 12.1 Å². The zero-order valence-corrected chi connectivity index (χ0v) is 51.3. The third-order valence-corrected chi connectivity index (χ3v) is 16.3. The number of allylic oxidation sites excluding steroid dienone is 5. The molecule has 0 saturated carbocycles. The highest BCUT2D eigenvalue weighted by atomic mass is 16.3. The van der Waals surface area contributed by atoms with E-state index in [1.54, 1.807) is 6.08 Å². The molecule has 0 aromatic rings. The maximum absolute atomic E-state index is 12.5. The maximum atomic E-state index is 12.5. The highest BCUT2D eigenvalue weighted by Crippen LogP contribution is 2.19. The summed E-state index contributed by atoms with van der Waals surface area (Å²) in [5.41, 5.74) is 0. The van der Waals surface area contributed by atoms with Crippen molar-refractivity contribution in [2.45, 2.75) is 405 Å². The van der Waals surface area contributed by atoms with Crippen LogP contribution in [0.2, 0.25) is 0 Å². The molecular formula is C71H137NO3. The number of hydrogen-bond donors (Lipinski definition) is 3. The van der Waals surface area contributed by atoms with Crippen LogP contribution in [0, 0.1) is 0 Å². The Morgan fingerprint density at radius 1 is 0.307 bits per heavy atom. The van der Waals surface area contributed by atoms with Crippen molar-refractivity contribution in [2.75, 3.05) is 6.61 Å². The molecule has 0 aliphatic rings. The first kappa shape index (κ1) is 73.6. The number of rotatable bonds is 65. The Bertz CT molecular complexity index is 1150. The van der Waals surface area contributed by atoms with E-state index in [0.717, 1.165) is 32.1 Å². The van der Waals surface area contributed by atoms with Gasteiger partial charge < -0.3 is 15.5 Å². The van der Waals surface area contributed by atoms with Crippen molar-refractivity contribution < 1.29 is 15.0 Å². The van der Waals surface area contributed by atoms with Crippen LogP contribution >= 0.6 is 0 Å². The number of unbranched alkanes of at least 4 members (excludes halogenated alkanes) is 54. The fourth-order valence-electron chi connectivity index (χ4n) is 11.1. The summed E-state index contributed by atoms with van der Waals surface area (Å²) in [6.45, 7) is 4.35. The van der Waals surface area contributed by atoms with E-state index in [4.69, 9.17) is 0 Å². The van der Waals surface area contributed by atoms with Crippen LogP contribution in [-0.2, 0) is 4.79 Å². The van der Waals surface area contributed by atoms with Crippen molar-refractivity contribution in [2.24, 2.45) is 0 Å². The Morgan fingerprint density at radius 3 is 0.773 bits per heavy atom. The molecule has 0 aromatic carbocycles. The molecule has 0 saturated heterocycles. The Morgan fingerprint density at radius 2 is 0.520 bits per heavy atom. The van der Waals surface area contributed by atoms with Crippen LogP contribution < -0.4 is 5.32 Å². The highest BCUT2D eigenvalue weighted by molar-refractivity contribution is 5.76. The second kappa shape index (κ2) is 66.9. The first-order valence-electron chi connectivity index (χ1n) is 34.7. The molecule has 0 aliphatic carbocycles. The van der Waals surface area contributed by atoms with E-state index in [1.165, 1.54) is 340 Å². The summed E-state index contributed by atoms with van der Waals surface area (Å²) in [5, 5.41) is 23.2. The summed E-state index contributed by atoms with van der Waals surface area (Å²) < 4.78 is 0. The lowest BCUT2D eigenvalue weighted by atomic mass is 10.0. The third-order valence-electron chi connectivity index (χ3n) is 16.3. The Labute approximate surface area is 472 Å². The average Bonchev–Trinajstić information content (AvgIpc) is 3.41. The summed E-state index contributed by atoms with van der Waals surface area (Å²) in [6, 6.07) is -0.639. The average molecular weight is 1050 g/mol. The number of nitrogens with one attached hydrogen (secondary N) is 1. The van der Waals surface area contributed by atoms with Gasteiger partial charge in [0.2, 0.25) is 5.91 Å². The minimum absolute atomic E-state index is 0.0665. The predicted molar refractivity (Wildman–Crippen MR) is 336 cm³/mol. The second-order valence-corrected chi connectivity index (χ2v) is 23.9. The fraction of sp³-hybridized carbons (Fsp3) is 0.901. The van der Waals surface area contributed by atoms with E-state index in [-0.39, 0.29) is 12.5 Å². The van der Waals surface area contributed by atoms with E-state index >= 15 is 0 Å². The molecule has 444 valence electrons. The summed E-state index contributed by atoms with van der Waals surface area (Å²) in [7, 11) is 0.